The van der Waals surface area contributed by atoms with Crippen molar-refractivity contribution in [2.75, 3.05) is 6.54 Å². The molecule has 0 spiro atoms. The molecule has 0 radical (unpaired) electrons. The van der Waals surface area contributed by atoms with Gasteiger partial charge in [-0.15, -0.1) is 12.4 Å². The van der Waals surface area contributed by atoms with Crippen LogP contribution >= 0.6 is 12.4 Å². The molecular weight excluding hydrogens is 320 g/mol. The molecule has 2 rings (SSSR count). The summed E-state index contributed by atoms with van der Waals surface area (Å²) in [6.07, 6.45) is -7.37. The molecule has 0 aromatic heterocycles. The molecule has 0 saturated carbocycles. The molecule has 1 atom stereocenters. The van der Waals surface area contributed by atoms with Gasteiger partial charge in [0.15, 0.2) is 0 Å². The molecule has 1 aliphatic heterocycles. The van der Waals surface area contributed by atoms with Crippen LogP contribution in [-0.2, 0) is 12.4 Å². The number of rotatable bonds is 1. The lowest BCUT2D eigenvalue weighted by molar-refractivity contribution is -0.143. The zero-order chi connectivity index (χ0) is 15.0. The number of hydrogen-bond acceptors (Lipinski definition) is 1. The Hall–Kier alpha value is -0.950. The summed E-state index contributed by atoms with van der Waals surface area (Å²) in [7, 11) is 0. The van der Waals surface area contributed by atoms with E-state index in [1.807, 2.05) is 0 Å². The summed E-state index contributed by atoms with van der Waals surface area (Å²) in [5.74, 6) is 0. The molecule has 1 N–H and O–H groups in total. The zero-order valence-corrected chi connectivity index (χ0v) is 11.6. The Morgan fingerprint density at radius 1 is 0.857 bits per heavy atom. The Balaban J connectivity index is 0.00000220. The van der Waals surface area contributed by atoms with Crippen LogP contribution in [0.2, 0.25) is 0 Å². The Bertz CT molecular complexity index is 444. The lowest BCUT2D eigenvalue weighted by Crippen LogP contribution is -2.27. The van der Waals surface area contributed by atoms with Crippen LogP contribution in [0.25, 0.3) is 0 Å². The third-order valence-electron chi connectivity index (χ3n) is 3.32. The molecule has 1 nitrogen and oxygen atoms in total. The summed E-state index contributed by atoms with van der Waals surface area (Å²) in [6.45, 7) is 0.599. The first-order chi connectivity index (χ1) is 9.18. The van der Waals surface area contributed by atoms with Crippen LogP contribution in [0.5, 0.6) is 0 Å². The van der Waals surface area contributed by atoms with E-state index in [-0.39, 0.29) is 24.0 Å². The van der Waals surface area contributed by atoms with Crippen molar-refractivity contribution in [1.29, 1.82) is 0 Å². The molecule has 0 aliphatic carbocycles. The lowest BCUT2D eigenvalue weighted by Gasteiger charge is -2.25. The first-order valence-corrected chi connectivity index (χ1v) is 6.21. The van der Waals surface area contributed by atoms with Gasteiger partial charge in [0.05, 0.1) is 11.1 Å². The number of alkyl halides is 6. The van der Waals surface area contributed by atoms with Crippen LogP contribution in [0.3, 0.4) is 0 Å². The topological polar surface area (TPSA) is 12.0 Å². The summed E-state index contributed by atoms with van der Waals surface area (Å²) >= 11 is 0. The van der Waals surface area contributed by atoms with Crippen LogP contribution in [0, 0.1) is 0 Å². The molecule has 0 amide bonds. The first kappa shape index (κ1) is 18.1. The highest BCUT2D eigenvalue weighted by Crippen LogP contribution is 2.38. The third kappa shape index (κ3) is 4.51. The maximum atomic E-state index is 12.7. The largest absolute Gasteiger partial charge is 0.416 e. The molecule has 1 aromatic rings. The van der Waals surface area contributed by atoms with Gasteiger partial charge in [-0.2, -0.15) is 26.3 Å². The zero-order valence-electron chi connectivity index (χ0n) is 10.8. The minimum absolute atomic E-state index is 0. The molecule has 1 aromatic carbocycles. The monoisotopic (exact) mass is 333 g/mol. The smallest absolute Gasteiger partial charge is 0.310 e. The maximum absolute atomic E-state index is 12.7. The van der Waals surface area contributed by atoms with Crippen LogP contribution in [0.1, 0.15) is 42.0 Å². The molecule has 8 heteroatoms. The van der Waals surface area contributed by atoms with Crippen molar-refractivity contribution >= 4 is 12.4 Å². The number of hydrogen-bond donors (Lipinski definition) is 1. The van der Waals surface area contributed by atoms with Gasteiger partial charge < -0.3 is 5.32 Å². The van der Waals surface area contributed by atoms with E-state index in [0.717, 1.165) is 25.0 Å². The van der Waals surface area contributed by atoms with Crippen LogP contribution < -0.4 is 5.32 Å². The maximum Gasteiger partial charge on any atom is 0.416 e. The predicted molar refractivity (Wildman–Crippen MR) is 68.3 cm³/mol. The van der Waals surface area contributed by atoms with Gasteiger partial charge in [0.2, 0.25) is 0 Å². The predicted octanol–water partition coefficient (Wildman–Crippen LogP) is 4.96. The minimum Gasteiger partial charge on any atom is -0.310 e. The standard InChI is InChI=1S/C13H13F6N.ClH/c14-12(15,16)9-5-8(11-3-1-2-4-20-11)6-10(7-9)13(17,18)19;/h5-7,11,20H,1-4H2;1H. The quantitative estimate of drug-likeness (QED) is 0.716. The fourth-order valence-corrected chi connectivity index (χ4v) is 2.32. The van der Waals surface area contributed by atoms with E-state index in [0.29, 0.717) is 13.0 Å². The van der Waals surface area contributed by atoms with Gasteiger partial charge in [-0.3, -0.25) is 0 Å². The second-order valence-electron chi connectivity index (χ2n) is 4.84. The van der Waals surface area contributed by atoms with E-state index in [1.54, 1.807) is 0 Å². The van der Waals surface area contributed by atoms with Gasteiger partial charge in [0.25, 0.3) is 0 Å². The molecule has 1 aliphatic rings. The number of piperidine rings is 1. The molecule has 0 bridgehead atoms. The van der Waals surface area contributed by atoms with Crippen molar-refractivity contribution in [3.63, 3.8) is 0 Å². The summed E-state index contributed by atoms with van der Waals surface area (Å²) in [5, 5.41) is 2.96. The van der Waals surface area contributed by atoms with E-state index in [1.165, 1.54) is 0 Å². The van der Waals surface area contributed by atoms with Crippen molar-refractivity contribution in [2.45, 2.75) is 37.7 Å². The fraction of sp³-hybridized carbons (Fsp3) is 0.538. The average molecular weight is 334 g/mol. The van der Waals surface area contributed by atoms with E-state index in [2.05, 4.69) is 5.32 Å². The van der Waals surface area contributed by atoms with Gasteiger partial charge >= 0.3 is 12.4 Å². The van der Waals surface area contributed by atoms with Crippen molar-refractivity contribution in [1.82, 2.24) is 5.32 Å². The van der Waals surface area contributed by atoms with Crippen LogP contribution in [-0.4, -0.2) is 6.54 Å². The van der Waals surface area contributed by atoms with Crippen LogP contribution in [0.4, 0.5) is 26.3 Å². The Kier molecular flexibility index (Phi) is 5.55. The molecule has 1 unspecified atom stereocenters. The normalized spacial score (nSPS) is 20.0. The van der Waals surface area contributed by atoms with Gasteiger partial charge in [0.1, 0.15) is 0 Å². The highest BCUT2D eigenvalue weighted by molar-refractivity contribution is 5.85. The van der Waals surface area contributed by atoms with Gasteiger partial charge in [-0.1, -0.05) is 6.42 Å². The molecule has 1 heterocycles. The summed E-state index contributed by atoms with van der Waals surface area (Å²) in [6, 6.07) is 1.31. The summed E-state index contributed by atoms with van der Waals surface area (Å²) in [4.78, 5) is 0. The van der Waals surface area contributed by atoms with E-state index < -0.39 is 29.5 Å². The van der Waals surface area contributed by atoms with Crippen molar-refractivity contribution in [3.05, 3.63) is 34.9 Å². The Morgan fingerprint density at radius 2 is 1.38 bits per heavy atom. The highest BCUT2D eigenvalue weighted by atomic mass is 35.5. The average Bonchev–Trinajstić information content (AvgIpc) is 2.37. The third-order valence-corrected chi connectivity index (χ3v) is 3.32. The van der Waals surface area contributed by atoms with E-state index in [9.17, 15) is 26.3 Å². The van der Waals surface area contributed by atoms with E-state index in [4.69, 9.17) is 0 Å². The first-order valence-electron chi connectivity index (χ1n) is 6.21. The van der Waals surface area contributed by atoms with Crippen molar-refractivity contribution in [3.8, 4) is 0 Å². The molecule has 1 fully saturated rings. The fourth-order valence-electron chi connectivity index (χ4n) is 2.32. The summed E-state index contributed by atoms with van der Waals surface area (Å²) < 4.78 is 76.3. The summed E-state index contributed by atoms with van der Waals surface area (Å²) in [5.41, 5.74) is -2.46. The highest BCUT2D eigenvalue weighted by Gasteiger charge is 2.37. The Morgan fingerprint density at radius 3 is 1.76 bits per heavy atom. The van der Waals surface area contributed by atoms with Gasteiger partial charge in [0, 0.05) is 6.04 Å². The molecule has 1 saturated heterocycles. The van der Waals surface area contributed by atoms with Gasteiger partial charge in [-0.25, -0.2) is 0 Å². The second-order valence-corrected chi connectivity index (χ2v) is 4.84. The Labute approximate surface area is 124 Å². The molecule has 21 heavy (non-hydrogen) atoms. The molecule has 120 valence electrons. The van der Waals surface area contributed by atoms with Gasteiger partial charge in [-0.05, 0) is 43.1 Å². The van der Waals surface area contributed by atoms with Crippen molar-refractivity contribution in [2.24, 2.45) is 0 Å². The van der Waals surface area contributed by atoms with Crippen molar-refractivity contribution < 1.29 is 26.3 Å². The molecular formula is C13H14ClF6N. The van der Waals surface area contributed by atoms with Crippen LogP contribution in [0.15, 0.2) is 18.2 Å². The number of nitrogens with one attached hydrogen (secondary N) is 1. The minimum atomic E-state index is -4.79. The number of halogens is 7. The second kappa shape index (κ2) is 6.44. The SMILES string of the molecule is Cl.FC(F)(F)c1cc(C2CCCCN2)cc(C(F)(F)F)c1. The van der Waals surface area contributed by atoms with E-state index >= 15 is 0 Å². The number of benzene rings is 1. The lowest BCUT2D eigenvalue weighted by atomic mass is 9.94.